The molecule has 0 unspecified atom stereocenters. The predicted molar refractivity (Wildman–Crippen MR) is 107 cm³/mol. The molecule has 2 saturated heterocycles. The molecule has 0 saturated carbocycles. The fourth-order valence-electron chi connectivity index (χ4n) is 5.11. The van der Waals surface area contributed by atoms with Crippen molar-refractivity contribution in [3.05, 3.63) is 47.7 Å². The van der Waals surface area contributed by atoms with E-state index in [1.807, 2.05) is 24.9 Å². The molecule has 1 amide bonds. The third kappa shape index (κ3) is 2.64. The highest BCUT2D eigenvalue weighted by molar-refractivity contribution is 5.82. The molecule has 3 aromatic rings. The molecule has 2 fully saturated rings. The number of aromatic nitrogens is 4. The number of rotatable bonds is 4. The number of amides is 1. The minimum atomic E-state index is -0.179. The minimum absolute atomic E-state index is 0.179. The van der Waals surface area contributed by atoms with Crippen LogP contribution >= 0.6 is 0 Å². The highest BCUT2D eigenvalue weighted by Gasteiger charge is 2.56. The summed E-state index contributed by atoms with van der Waals surface area (Å²) in [5.74, 6) is 2.29. The van der Waals surface area contributed by atoms with Crippen LogP contribution in [0, 0.1) is 12.8 Å². The van der Waals surface area contributed by atoms with Crippen LogP contribution in [-0.4, -0.2) is 62.1 Å². The molecule has 28 heavy (non-hydrogen) atoms. The van der Waals surface area contributed by atoms with Gasteiger partial charge >= 0.3 is 0 Å². The molecule has 2 N–H and O–H groups in total. The van der Waals surface area contributed by atoms with Gasteiger partial charge in [-0.15, -0.1) is 0 Å². The number of hydrogen-bond acceptors (Lipinski definition) is 4. The van der Waals surface area contributed by atoms with E-state index in [0.717, 1.165) is 37.8 Å². The number of fused-ring (bicyclic) bond motifs is 2. The summed E-state index contributed by atoms with van der Waals surface area (Å²) < 4.78 is 0. The maximum absolute atomic E-state index is 12.4. The van der Waals surface area contributed by atoms with Crippen molar-refractivity contribution in [1.82, 2.24) is 30.0 Å². The SMILES string of the molecule is CCC(=O)N1C[C@H]2CN(Cc3cccc4[nH]ccc34)C[C@@]2(c2n[nH]c(C)n2)C1. The Balaban J connectivity index is 1.44. The maximum Gasteiger partial charge on any atom is 0.222 e. The number of nitrogens with zero attached hydrogens (tertiary/aromatic N) is 4. The topological polar surface area (TPSA) is 80.9 Å². The number of hydrogen-bond donors (Lipinski definition) is 2. The highest BCUT2D eigenvalue weighted by Crippen LogP contribution is 2.44. The Bertz CT molecular complexity index is 1020. The number of nitrogens with one attached hydrogen (secondary N) is 2. The van der Waals surface area contributed by atoms with E-state index >= 15 is 0 Å². The Kier molecular flexibility index (Phi) is 4.01. The summed E-state index contributed by atoms with van der Waals surface area (Å²) in [7, 11) is 0. The van der Waals surface area contributed by atoms with Crippen LogP contribution in [0.5, 0.6) is 0 Å². The van der Waals surface area contributed by atoms with Crippen LogP contribution in [0.4, 0.5) is 0 Å². The van der Waals surface area contributed by atoms with Gasteiger partial charge in [-0.3, -0.25) is 14.8 Å². The van der Waals surface area contributed by atoms with Gasteiger partial charge in [-0.1, -0.05) is 19.1 Å². The van der Waals surface area contributed by atoms with E-state index < -0.39 is 0 Å². The quantitative estimate of drug-likeness (QED) is 0.729. The summed E-state index contributed by atoms with van der Waals surface area (Å²) in [6.45, 7) is 8.12. The van der Waals surface area contributed by atoms with Crippen LogP contribution in [0.3, 0.4) is 0 Å². The minimum Gasteiger partial charge on any atom is -0.361 e. The molecule has 7 nitrogen and oxygen atoms in total. The molecule has 7 heteroatoms. The van der Waals surface area contributed by atoms with Crippen molar-refractivity contribution in [2.24, 2.45) is 5.92 Å². The Morgan fingerprint density at radius 2 is 2.18 bits per heavy atom. The normalized spacial score (nSPS) is 24.9. The Hall–Kier alpha value is -2.67. The lowest BCUT2D eigenvalue weighted by Crippen LogP contribution is -2.40. The van der Waals surface area contributed by atoms with Crippen LogP contribution in [0.15, 0.2) is 30.5 Å². The van der Waals surface area contributed by atoms with Gasteiger partial charge in [0.2, 0.25) is 5.91 Å². The molecule has 1 aromatic carbocycles. The molecule has 2 aliphatic rings. The summed E-state index contributed by atoms with van der Waals surface area (Å²) in [6.07, 6.45) is 2.55. The molecule has 2 atom stereocenters. The first kappa shape index (κ1) is 17.4. The van der Waals surface area contributed by atoms with Crippen molar-refractivity contribution in [3.63, 3.8) is 0 Å². The monoisotopic (exact) mass is 378 g/mol. The number of aryl methyl sites for hydroxylation is 1. The third-order valence-electron chi connectivity index (χ3n) is 6.46. The van der Waals surface area contributed by atoms with E-state index in [-0.39, 0.29) is 11.3 Å². The van der Waals surface area contributed by atoms with E-state index in [1.54, 1.807) is 0 Å². The molecule has 146 valence electrons. The number of H-pyrrole nitrogens is 2. The highest BCUT2D eigenvalue weighted by atomic mass is 16.2. The van der Waals surface area contributed by atoms with Crippen molar-refractivity contribution in [2.75, 3.05) is 26.2 Å². The van der Waals surface area contributed by atoms with Crippen LogP contribution in [-0.2, 0) is 16.8 Å². The summed E-state index contributed by atoms with van der Waals surface area (Å²) in [6, 6.07) is 8.59. The first-order valence-electron chi connectivity index (χ1n) is 10.0. The van der Waals surface area contributed by atoms with Gasteiger partial charge in [-0.05, 0) is 24.6 Å². The van der Waals surface area contributed by atoms with Crippen molar-refractivity contribution >= 4 is 16.8 Å². The summed E-state index contributed by atoms with van der Waals surface area (Å²) >= 11 is 0. The molecule has 2 aromatic heterocycles. The standard InChI is InChI=1S/C21H26N6O/c1-3-19(28)27-11-16-10-26(9-15-5-4-6-18-17(15)7-8-22-18)12-21(16,13-27)20-23-14(2)24-25-20/h4-8,16,22H,3,9-13H2,1-2H3,(H,23,24,25)/t16-,21-/m1/s1. The fraction of sp³-hybridized carbons (Fsp3) is 0.476. The van der Waals surface area contributed by atoms with Crippen molar-refractivity contribution in [2.45, 2.75) is 32.2 Å². The average Bonchev–Trinajstić information content (AvgIpc) is 3.43. The Labute approximate surface area is 164 Å². The Morgan fingerprint density at radius 1 is 1.29 bits per heavy atom. The lowest BCUT2D eigenvalue weighted by molar-refractivity contribution is -0.130. The molecular formula is C21H26N6O. The van der Waals surface area contributed by atoms with Crippen LogP contribution in [0.25, 0.3) is 10.9 Å². The van der Waals surface area contributed by atoms with Gasteiger partial charge in [0.25, 0.3) is 0 Å². The molecule has 0 radical (unpaired) electrons. The van der Waals surface area contributed by atoms with E-state index in [2.05, 4.69) is 44.3 Å². The van der Waals surface area contributed by atoms with Crippen molar-refractivity contribution < 1.29 is 4.79 Å². The number of likely N-dealkylation sites (tertiary alicyclic amines) is 2. The van der Waals surface area contributed by atoms with Gasteiger partial charge < -0.3 is 9.88 Å². The zero-order valence-electron chi connectivity index (χ0n) is 16.4. The summed E-state index contributed by atoms with van der Waals surface area (Å²) in [5, 5.41) is 8.82. The van der Waals surface area contributed by atoms with Crippen molar-refractivity contribution in [1.29, 1.82) is 0 Å². The van der Waals surface area contributed by atoms with Crippen LogP contribution < -0.4 is 0 Å². The van der Waals surface area contributed by atoms with Gasteiger partial charge in [0.05, 0.1) is 5.41 Å². The molecule has 4 heterocycles. The van der Waals surface area contributed by atoms with Crippen molar-refractivity contribution in [3.8, 4) is 0 Å². The van der Waals surface area contributed by atoms with E-state index in [1.165, 1.54) is 16.5 Å². The number of aromatic amines is 2. The first-order chi connectivity index (χ1) is 13.6. The molecule has 0 aliphatic carbocycles. The predicted octanol–water partition coefficient (Wildman–Crippen LogP) is 2.22. The lowest BCUT2D eigenvalue weighted by atomic mass is 9.80. The summed E-state index contributed by atoms with van der Waals surface area (Å²) in [4.78, 5) is 24.9. The summed E-state index contributed by atoms with van der Waals surface area (Å²) in [5.41, 5.74) is 2.33. The largest absolute Gasteiger partial charge is 0.361 e. The molecule has 2 aliphatic heterocycles. The number of benzene rings is 1. The van der Waals surface area contributed by atoms with Gasteiger partial charge in [0.15, 0.2) is 5.82 Å². The lowest BCUT2D eigenvalue weighted by Gasteiger charge is -2.27. The number of carbonyl (C=O) groups excluding carboxylic acids is 1. The van der Waals surface area contributed by atoms with E-state index in [4.69, 9.17) is 4.98 Å². The Morgan fingerprint density at radius 3 is 2.96 bits per heavy atom. The molecular weight excluding hydrogens is 352 g/mol. The zero-order chi connectivity index (χ0) is 19.3. The molecule has 0 bridgehead atoms. The van der Waals surface area contributed by atoms with Crippen LogP contribution in [0.2, 0.25) is 0 Å². The average molecular weight is 378 g/mol. The molecule has 5 rings (SSSR count). The van der Waals surface area contributed by atoms with Gasteiger partial charge in [-0.2, -0.15) is 5.10 Å². The van der Waals surface area contributed by atoms with Gasteiger partial charge in [0.1, 0.15) is 5.82 Å². The van der Waals surface area contributed by atoms with Gasteiger partial charge in [0, 0.05) is 62.2 Å². The van der Waals surface area contributed by atoms with E-state index in [9.17, 15) is 4.79 Å². The zero-order valence-corrected chi connectivity index (χ0v) is 16.4. The van der Waals surface area contributed by atoms with E-state index in [0.29, 0.717) is 18.9 Å². The first-order valence-corrected chi connectivity index (χ1v) is 10.0. The van der Waals surface area contributed by atoms with Gasteiger partial charge in [-0.25, -0.2) is 4.98 Å². The third-order valence-corrected chi connectivity index (χ3v) is 6.46. The second-order valence-electron chi connectivity index (χ2n) is 8.25. The smallest absolute Gasteiger partial charge is 0.222 e. The second-order valence-corrected chi connectivity index (χ2v) is 8.25. The number of carbonyl (C=O) groups is 1. The second kappa shape index (κ2) is 6.44. The molecule has 0 spiro atoms. The maximum atomic E-state index is 12.4. The fourth-order valence-corrected chi connectivity index (χ4v) is 5.11. The van der Waals surface area contributed by atoms with Crippen LogP contribution in [0.1, 0.15) is 30.6 Å².